The molecule has 18 heavy (non-hydrogen) atoms. The van der Waals surface area contributed by atoms with Crippen LogP contribution in [-0.2, 0) is 16.0 Å². The minimum absolute atomic E-state index is 0.204. The molecule has 0 radical (unpaired) electrons. The normalized spacial score (nSPS) is 14.9. The van der Waals surface area contributed by atoms with E-state index in [0.717, 1.165) is 11.3 Å². The lowest BCUT2D eigenvalue weighted by Crippen LogP contribution is -2.07. The number of imidazole rings is 1. The van der Waals surface area contributed by atoms with Crippen LogP contribution in [0.25, 0.3) is 5.65 Å². The summed E-state index contributed by atoms with van der Waals surface area (Å²) in [5.74, 6) is 0.369. The molecule has 1 aliphatic rings. The Morgan fingerprint density at radius 2 is 2.33 bits per heavy atom. The Hall–Kier alpha value is -1.91. The second-order valence-corrected chi connectivity index (χ2v) is 4.55. The van der Waals surface area contributed by atoms with Gasteiger partial charge in [0.05, 0.1) is 30.6 Å². The lowest BCUT2D eigenvalue weighted by Gasteiger charge is -1.97. The van der Waals surface area contributed by atoms with Gasteiger partial charge in [0.1, 0.15) is 0 Å². The van der Waals surface area contributed by atoms with Gasteiger partial charge in [-0.3, -0.25) is 4.79 Å². The summed E-state index contributed by atoms with van der Waals surface area (Å²) in [6, 6.07) is 3.98. The number of hydrogen-bond donors (Lipinski definition) is 0. The number of hydrogen-bond acceptors (Lipinski definition) is 4. The van der Waals surface area contributed by atoms with Crippen LogP contribution in [0.15, 0.2) is 18.3 Å². The molecule has 0 aromatic carbocycles. The molecule has 2 aromatic rings. The number of rotatable bonds is 4. The van der Waals surface area contributed by atoms with Crippen molar-refractivity contribution in [3.8, 4) is 0 Å². The number of carbonyl (C=O) groups excluding carboxylic acids is 1. The van der Waals surface area contributed by atoms with Crippen LogP contribution in [-0.4, -0.2) is 27.2 Å². The second-order valence-electron chi connectivity index (χ2n) is 4.55. The minimum atomic E-state index is -0.247. The van der Waals surface area contributed by atoms with Crippen molar-refractivity contribution >= 4 is 11.6 Å². The van der Waals surface area contributed by atoms with E-state index in [-0.39, 0.29) is 12.4 Å². The van der Waals surface area contributed by atoms with Crippen molar-refractivity contribution in [3.05, 3.63) is 29.7 Å². The van der Waals surface area contributed by atoms with Gasteiger partial charge < -0.3 is 4.74 Å². The van der Waals surface area contributed by atoms with Crippen molar-refractivity contribution in [1.29, 1.82) is 0 Å². The molecule has 0 aliphatic heterocycles. The van der Waals surface area contributed by atoms with Crippen molar-refractivity contribution < 1.29 is 9.53 Å². The predicted octanol–water partition coefficient (Wildman–Crippen LogP) is 1.71. The van der Waals surface area contributed by atoms with Crippen molar-refractivity contribution in [2.75, 3.05) is 6.61 Å². The first kappa shape index (κ1) is 11.2. The molecule has 1 aliphatic carbocycles. The maximum Gasteiger partial charge on any atom is 0.311 e. The zero-order valence-electron chi connectivity index (χ0n) is 10.3. The molecule has 0 N–H and O–H groups in total. The van der Waals surface area contributed by atoms with Crippen LogP contribution in [0.2, 0.25) is 0 Å². The predicted molar refractivity (Wildman–Crippen MR) is 65.3 cm³/mol. The van der Waals surface area contributed by atoms with Gasteiger partial charge in [0.2, 0.25) is 0 Å². The Balaban J connectivity index is 1.83. The summed E-state index contributed by atoms with van der Waals surface area (Å²) in [6.45, 7) is 2.20. The summed E-state index contributed by atoms with van der Waals surface area (Å²) >= 11 is 0. The highest BCUT2D eigenvalue weighted by atomic mass is 16.5. The first-order valence-corrected chi connectivity index (χ1v) is 6.27. The van der Waals surface area contributed by atoms with Gasteiger partial charge in [-0.2, -0.15) is 5.10 Å². The SMILES string of the molecule is CCOC(=O)Cc1cn2nc(C3CC3)ccc2n1. The number of carbonyl (C=O) groups is 1. The molecule has 1 saturated carbocycles. The fourth-order valence-corrected chi connectivity index (χ4v) is 1.99. The van der Waals surface area contributed by atoms with Gasteiger partial charge >= 0.3 is 5.97 Å². The third-order valence-corrected chi connectivity index (χ3v) is 3.02. The Morgan fingerprint density at radius 1 is 1.50 bits per heavy atom. The highest BCUT2D eigenvalue weighted by molar-refractivity contribution is 5.72. The van der Waals surface area contributed by atoms with E-state index in [9.17, 15) is 4.79 Å². The largest absolute Gasteiger partial charge is 0.466 e. The summed E-state index contributed by atoms with van der Waals surface area (Å²) in [5, 5.41) is 4.51. The zero-order chi connectivity index (χ0) is 12.5. The van der Waals surface area contributed by atoms with Crippen LogP contribution in [0.4, 0.5) is 0 Å². The van der Waals surface area contributed by atoms with Gasteiger partial charge in [-0.25, -0.2) is 9.50 Å². The highest BCUT2D eigenvalue weighted by Gasteiger charge is 2.25. The van der Waals surface area contributed by atoms with E-state index in [4.69, 9.17) is 4.74 Å². The van der Waals surface area contributed by atoms with Crippen molar-refractivity contribution in [1.82, 2.24) is 14.6 Å². The van der Waals surface area contributed by atoms with E-state index in [1.807, 2.05) is 12.1 Å². The molecule has 2 aromatic heterocycles. The summed E-state index contributed by atoms with van der Waals surface area (Å²) in [4.78, 5) is 15.7. The maximum atomic E-state index is 11.4. The number of aromatic nitrogens is 3. The van der Waals surface area contributed by atoms with Gasteiger partial charge in [-0.15, -0.1) is 0 Å². The van der Waals surface area contributed by atoms with Gasteiger partial charge in [0.25, 0.3) is 0 Å². The minimum Gasteiger partial charge on any atom is -0.466 e. The summed E-state index contributed by atoms with van der Waals surface area (Å²) in [6.07, 6.45) is 4.46. The first-order valence-electron chi connectivity index (χ1n) is 6.27. The van der Waals surface area contributed by atoms with Crippen molar-refractivity contribution in [3.63, 3.8) is 0 Å². The third-order valence-electron chi connectivity index (χ3n) is 3.02. The Bertz CT molecular complexity index is 587. The average molecular weight is 245 g/mol. The van der Waals surface area contributed by atoms with Crippen LogP contribution in [0.3, 0.4) is 0 Å². The van der Waals surface area contributed by atoms with Crippen LogP contribution < -0.4 is 0 Å². The van der Waals surface area contributed by atoms with E-state index in [1.165, 1.54) is 12.8 Å². The van der Waals surface area contributed by atoms with Crippen LogP contribution in [0.1, 0.15) is 37.1 Å². The molecule has 5 nitrogen and oxygen atoms in total. The van der Waals surface area contributed by atoms with Crippen LogP contribution in [0.5, 0.6) is 0 Å². The summed E-state index contributed by atoms with van der Waals surface area (Å²) in [7, 11) is 0. The van der Waals surface area contributed by atoms with Gasteiger partial charge in [0, 0.05) is 5.92 Å². The molecule has 0 unspecified atom stereocenters. The standard InChI is InChI=1S/C13H15N3O2/c1-2-18-13(17)7-10-8-16-12(14-10)6-5-11(15-16)9-3-4-9/h5-6,8-9H,2-4,7H2,1H3. The number of esters is 1. The topological polar surface area (TPSA) is 56.5 Å². The molecule has 1 fully saturated rings. The fraction of sp³-hybridized carbons (Fsp3) is 0.462. The quantitative estimate of drug-likeness (QED) is 0.769. The monoisotopic (exact) mass is 245 g/mol. The van der Waals surface area contributed by atoms with E-state index in [1.54, 1.807) is 17.6 Å². The summed E-state index contributed by atoms with van der Waals surface area (Å²) < 4.78 is 6.66. The molecule has 0 atom stereocenters. The molecule has 5 heteroatoms. The Kier molecular flexibility index (Phi) is 2.74. The molecule has 0 saturated heterocycles. The van der Waals surface area contributed by atoms with Gasteiger partial charge in [0.15, 0.2) is 5.65 Å². The smallest absolute Gasteiger partial charge is 0.311 e. The Morgan fingerprint density at radius 3 is 3.06 bits per heavy atom. The first-order chi connectivity index (χ1) is 8.76. The molecular weight excluding hydrogens is 230 g/mol. The number of ether oxygens (including phenoxy) is 1. The molecule has 0 amide bonds. The lowest BCUT2D eigenvalue weighted by atomic mass is 10.3. The Labute approximate surface area is 105 Å². The lowest BCUT2D eigenvalue weighted by molar-refractivity contribution is -0.142. The highest BCUT2D eigenvalue weighted by Crippen LogP contribution is 2.38. The van der Waals surface area contributed by atoms with E-state index < -0.39 is 0 Å². The van der Waals surface area contributed by atoms with Gasteiger partial charge in [-0.1, -0.05) is 0 Å². The van der Waals surface area contributed by atoms with Crippen LogP contribution in [0, 0.1) is 0 Å². The maximum absolute atomic E-state index is 11.4. The second kappa shape index (κ2) is 4.40. The average Bonchev–Trinajstić information content (AvgIpc) is 3.10. The van der Waals surface area contributed by atoms with Crippen LogP contribution >= 0.6 is 0 Å². The van der Waals surface area contributed by atoms with E-state index in [2.05, 4.69) is 10.1 Å². The van der Waals surface area contributed by atoms with Crippen molar-refractivity contribution in [2.24, 2.45) is 0 Å². The van der Waals surface area contributed by atoms with E-state index in [0.29, 0.717) is 18.2 Å². The zero-order valence-corrected chi connectivity index (χ0v) is 10.3. The van der Waals surface area contributed by atoms with E-state index >= 15 is 0 Å². The molecule has 3 rings (SSSR count). The molecule has 2 heterocycles. The number of fused-ring (bicyclic) bond motifs is 1. The third kappa shape index (κ3) is 2.20. The molecular formula is C13H15N3O2. The molecule has 0 spiro atoms. The van der Waals surface area contributed by atoms with Crippen molar-refractivity contribution in [2.45, 2.75) is 32.1 Å². The van der Waals surface area contributed by atoms with Gasteiger partial charge in [-0.05, 0) is 31.9 Å². The fourth-order valence-electron chi connectivity index (χ4n) is 1.99. The molecule has 0 bridgehead atoms. The molecule has 94 valence electrons. The number of nitrogens with zero attached hydrogens (tertiary/aromatic N) is 3. The summed E-state index contributed by atoms with van der Waals surface area (Å²) in [5.41, 5.74) is 2.59.